The lowest BCUT2D eigenvalue weighted by Crippen LogP contribution is -2.42. The second kappa shape index (κ2) is 6.95. The van der Waals surface area contributed by atoms with Gasteiger partial charge in [0.1, 0.15) is 17.6 Å². The fourth-order valence-electron chi connectivity index (χ4n) is 2.18. The van der Waals surface area contributed by atoms with Crippen molar-refractivity contribution in [3.05, 3.63) is 23.7 Å². The van der Waals surface area contributed by atoms with E-state index in [2.05, 4.69) is 10.6 Å². The summed E-state index contributed by atoms with van der Waals surface area (Å²) in [5, 5.41) is 14.9. The first kappa shape index (κ1) is 15.9. The van der Waals surface area contributed by atoms with Gasteiger partial charge in [-0.3, -0.25) is 0 Å². The van der Waals surface area contributed by atoms with Crippen LogP contribution in [0.2, 0.25) is 0 Å². The lowest BCUT2D eigenvalue weighted by atomic mass is 10.1. The highest BCUT2D eigenvalue weighted by atomic mass is 16.5. The van der Waals surface area contributed by atoms with Gasteiger partial charge in [-0.15, -0.1) is 0 Å². The number of hydrogen-bond donors (Lipinski definition) is 3. The molecular formula is C15H24N2O4. The van der Waals surface area contributed by atoms with Crippen molar-refractivity contribution < 1.29 is 19.1 Å². The highest BCUT2D eigenvalue weighted by Gasteiger charge is 2.42. The summed E-state index contributed by atoms with van der Waals surface area (Å²) < 4.78 is 10.8. The quantitative estimate of drug-likeness (QED) is 0.680. The molecule has 6 nitrogen and oxygen atoms in total. The second-order valence-corrected chi connectivity index (χ2v) is 5.65. The van der Waals surface area contributed by atoms with E-state index < -0.39 is 0 Å². The van der Waals surface area contributed by atoms with Crippen LogP contribution in [0, 0.1) is 5.41 Å². The summed E-state index contributed by atoms with van der Waals surface area (Å²) in [6.07, 6.45) is 2.73. The van der Waals surface area contributed by atoms with E-state index >= 15 is 0 Å². The Morgan fingerprint density at radius 2 is 2.29 bits per heavy atom. The Labute approximate surface area is 124 Å². The van der Waals surface area contributed by atoms with Gasteiger partial charge in [-0.1, -0.05) is 6.92 Å². The van der Waals surface area contributed by atoms with Gasteiger partial charge in [-0.2, -0.15) is 0 Å². The fraction of sp³-hybridized carbons (Fsp3) is 0.667. The van der Waals surface area contributed by atoms with Crippen molar-refractivity contribution in [2.45, 2.75) is 32.2 Å². The number of ether oxygens (including phenoxy) is 1. The molecule has 0 aliphatic heterocycles. The summed E-state index contributed by atoms with van der Waals surface area (Å²) in [5.74, 6) is 1.57. The van der Waals surface area contributed by atoms with Gasteiger partial charge in [0.15, 0.2) is 0 Å². The Kier molecular flexibility index (Phi) is 5.25. The molecule has 21 heavy (non-hydrogen) atoms. The van der Waals surface area contributed by atoms with Gasteiger partial charge < -0.3 is 24.9 Å². The Balaban J connectivity index is 1.88. The molecule has 118 valence electrons. The molecule has 0 bridgehead atoms. The molecule has 0 radical (unpaired) electrons. The van der Waals surface area contributed by atoms with Crippen molar-refractivity contribution >= 4 is 6.03 Å². The minimum atomic E-state index is -0.320. The zero-order chi connectivity index (χ0) is 15.3. The summed E-state index contributed by atoms with van der Waals surface area (Å²) in [4.78, 5) is 12.0. The van der Waals surface area contributed by atoms with Gasteiger partial charge in [0.2, 0.25) is 0 Å². The highest BCUT2D eigenvalue weighted by Crippen LogP contribution is 2.44. The first-order valence-electron chi connectivity index (χ1n) is 7.35. The van der Waals surface area contributed by atoms with Gasteiger partial charge in [0, 0.05) is 25.5 Å². The molecule has 1 aromatic rings. The van der Waals surface area contributed by atoms with Crippen molar-refractivity contribution in [2.75, 3.05) is 26.9 Å². The number of nitrogens with one attached hydrogen (secondary N) is 2. The minimum absolute atomic E-state index is 0.103. The average molecular weight is 296 g/mol. The van der Waals surface area contributed by atoms with Gasteiger partial charge in [0.05, 0.1) is 13.2 Å². The van der Waals surface area contributed by atoms with Crippen molar-refractivity contribution in [3.8, 4) is 0 Å². The van der Waals surface area contributed by atoms with Crippen LogP contribution in [-0.4, -0.2) is 38.0 Å². The summed E-state index contributed by atoms with van der Waals surface area (Å²) >= 11 is 0. The van der Waals surface area contributed by atoms with Crippen LogP contribution in [0.25, 0.3) is 0 Å². The molecule has 1 aliphatic carbocycles. The normalized spacial score (nSPS) is 17.3. The van der Waals surface area contributed by atoms with E-state index in [9.17, 15) is 9.90 Å². The number of carbonyl (C=O) groups excluding carboxylic acids is 1. The van der Waals surface area contributed by atoms with Crippen molar-refractivity contribution in [1.29, 1.82) is 0 Å². The number of urea groups is 1. The molecule has 1 saturated carbocycles. The van der Waals surface area contributed by atoms with Crippen molar-refractivity contribution in [1.82, 2.24) is 10.6 Å². The van der Waals surface area contributed by atoms with Crippen LogP contribution in [0.15, 0.2) is 16.5 Å². The molecule has 2 amide bonds. The highest BCUT2D eigenvalue weighted by molar-refractivity contribution is 5.74. The molecule has 1 aliphatic rings. The van der Waals surface area contributed by atoms with E-state index in [0.717, 1.165) is 25.0 Å². The monoisotopic (exact) mass is 296 g/mol. The summed E-state index contributed by atoms with van der Waals surface area (Å²) in [7, 11) is 1.58. The van der Waals surface area contributed by atoms with Gasteiger partial charge >= 0.3 is 6.03 Å². The van der Waals surface area contributed by atoms with E-state index in [1.165, 1.54) is 0 Å². The van der Waals surface area contributed by atoms with Crippen LogP contribution in [0.1, 0.15) is 37.3 Å². The van der Waals surface area contributed by atoms with Gasteiger partial charge in [0.25, 0.3) is 0 Å². The molecule has 1 aromatic heterocycles. The number of hydrogen-bond acceptors (Lipinski definition) is 4. The predicted molar refractivity (Wildman–Crippen MR) is 78.0 cm³/mol. The minimum Gasteiger partial charge on any atom is -0.464 e. The molecule has 2 rings (SSSR count). The largest absolute Gasteiger partial charge is 0.464 e. The topological polar surface area (TPSA) is 83.7 Å². The van der Waals surface area contributed by atoms with E-state index in [0.29, 0.717) is 18.9 Å². The summed E-state index contributed by atoms with van der Waals surface area (Å²) in [5.41, 5.74) is -0.103. The Morgan fingerprint density at radius 3 is 2.81 bits per heavy atom. The maximum Gasteiger partial charge on any atom is 0.315 e. The molecule has 1 unspecified atom stereocenters. The second-order valence-electron chi connectivity index (χ2n) is 5.65. The zero-order valence-corrected chi connectivity index (χ0v) is 12.6. The maximum absolute atomic E-state index is 12.0. The van der Waals surface area contributed by atoms with Crippen LogP contribution in [0.4, 0.5) is 4.79 Å². The lowest BCUT2D eigenvalue weighted by molar-refractivity contribution is 0.155. The lowest BCUT2D eigenvalue weighted by Gasteiger charge is -2.18. The molecule has 1 atom stereocenters. The molecule has 3 N–H and O–H groups in total. The smallest absolute Gasteiger partial charge is 0.315 e. The van der Waals surface area contributed by atoms with E-state index in [-0.39, 0.29) is 24.1 Å². The first-order chi connectivity index (χ1) is 10.1. The van der Waals surface area contributed by atoms with Crippen molar-refractivity contribution in [3.63, 3.8) is 0 Å². The Morgan fingerprint density at radius 1 is 1.52 bits per heavy atom. The fourth-order valence-corrected chi connectivity index (χ4v) is 2.18. The number of methoxy groups -OCH3 is 1. The van der Waals surface area contributed by atoms with Crippen LogP contribution in [0.3, 0.4) is 0 Å². The third kappa shape index (κ3) is 4.22. The molecule has 0 saturated heterocycles. The number of furan rings is 1. The number of amides is 2. The Hall–Kier alpha value is -1.53. The number of rotatable bonds is 8. The van der Waals surface area contributed by atoms with Crippen LogP contribution in [0.5, 0.6) is 0 Å². The van der Waals surface area contributed by atoms with Crippen LogP contribution in [-0.2, 0) is 11.2 Å². The molecular weight excluding hydrogens is 272 g/mol. The Bertz CT molecular complexity index is 468. The maximum atomic E-state index is 12.0. The predicted octanol–water partition coefficient (Wildman–Crippen LogP) is 1.60. The van der Waals surface area contributed by atoms with Crippen LogP contribution < -0.4 is 10.6 Å². The van der Waals surface area contributed by atoms with E-state index in [4.69, 9.17) is 9.15 Å². The van der Waals surface area contributed by atoms with Gasteiger partial charge in [-0.05, 0) is 25.0 Å². The molecule has 1 heterocycles. The van der Waals surface area contributed by atoms with E-state index in [1.54, 1.807) is 7.11 Å². The summed E-state index contributed by atoms with van der Waals surface area (Å²) in [6, 6.07) is 3.17. The SMILES string of the molecule is CCc1ccc(C(COC)NC(=O)NCC2(CO)CC2)o1. The zero-order valence-electron chi connectivity index (χ0n) is 12.6. The first-order valence-corrected chi connectivity index (χ1v) is 7.35. The molecule has 1 fully saturated rings. The number of aliphatic hydroxyl groups excluding tert-OH is 1. The average Bonchev–Trinajstić information content (AvgIpc) is 3.12. The van der Waals surface area contributed by atoms with E-state index in [1.807, 2.05) is 19.1 Å². The summed E-state index contributed by atoms with van der Waals surface area (Å²) in [6.45, 7) is 2.97. The number of carbonyl (C=O) groups is 1. The molecule has 0 aromatic carbocycles. The third-order valence-electron chi connectivity index (χ3n) is 3.93. The number of aryl methyl sites for hydroxylation is 1. The van der Waals surface area contributed by atoms with Gasteiger partial charge in [-0.25, -0.2) is 4.79 Å². The molecule has 0 spiro atoms. The third-order valence-corrected chi connectivity index (χ3v) is 3.93. The van der Waals surface area contributed by atoms with Crippen LogP contribution >= 0.6 is 0 Å². The standard InChI is InChI=1S/C15H24N2O4/c1-3-11-4-5-13(21-11)12(8-20-2)17-14(19)16-9-15(10-18)6-7-15/h4-5,12,18H,3,6-10H2,1-2H3,(H2,16,17,19). The van der Waals surface area contributed by atoms with Crippen molar-refractivity contribution in [2.24, 2.45) is 5.41 Å². The molecule has 6 heteroatoms. The number of aliphatic hydroxyl groups is 1.